The SMILES string of the molecule is COCCCn1cc(-c2c(-c3cc(=O)oc4cc(OC)ccc34)oc3cc(OC)ccc23)cc(C#N)c1=O. The molecular formula is C29H24N2O7. The normalized spacial score (nSPS) is 11.1. The van der Waals surface area contributed by atoms with E-state index < -0.39 is 5.63 Å². The van der Waals surface area contributed by atoms with E-state index in [1.807, 2.05) is 12.1 Å². The molecule has 0 aliphatic heterocycles. The fourth-order valence-electron chi connectivity index (χ4n) is 4.54. The van der Waals surface area contributed by atoms with Crippen molar-refractivity contribution < 1.29 is 23.0 Å². The van der Waals surface area contributed by atoms with Gasteiger partial charge in [-0.1, -0.05) is 0 Å². The molecule has 2 aromatic carbocycles. The van der Waals surface area contributed by atoms with Crippen LogP contribution in [0.25, 0.3) is 44.4 Å². The molecule has 9 heteroatoms. The summed E-state index contributed by atoms with van der Waals surface area (Å²) in [6.45, 7) is 0.833. The van der Waals surface area contributed by atoms with Crippen LogP contribution >= 0.6 is 0 Å². The fourth-order valence-corrected chi connectivity index (χ4v) is 4.54. The molecule has 0 aliphatic carbocycles. The van der Waals surface area contributed by atoms with Crippen molar-refractivity contribution >= 4 is 21.9 Å². The molecule has 3 aromatic heterocycles. The highest BCUT2D eigenvalue weighted by Crippen LogP contribution is 2.43. The molecule has 3 heterocycles. The first kappa shape index (κ1) is 24.9. The molecule has 0 N–H and O–H groups in total. The highest BCUT2D eigenvalue weighted by atomic mass is 16.5. The van der Waals surface area contributed by atoms with Gasteiger partial charge in [0.2, 0.25) is 0 Å². The van der Waals surface area contributed by atoms with Crippen molar-refractivity contribution in [1.82, 2.24) is 4.57 Å². The van der Waals surface area contributed by atoms with E-state index in [2.05, 4.69) is 0 Å². The number of aryl methyl sites for hydroxylation is 1. The van der Waals surface area contributed by atoms with Gasteiger partial charge in [0.05, 0.1) is 14.2 Å². The second-order valence-corrected chi connectivity index (χ2v) is 8.61. The number of nitriles is 1. The summed E-state index contributed by atoms with van der Waals surface area (Å²) in [7, 11) is 4.68. The van der Waals surface area contributed by atoms with Gasteiger partial charge >= 0.3 is 5.63 Å². The van der Waals surface area contributed by atoms with Crippen LogP contribution in [-0.4, -0.2) is 32.5 Å². The number of ether oxygens (including phenoxy) is 3. The van der Waals surface area contributed by atoms with E-state index >= 15 is 0 Å². The molecule has 0 saturated heterocycles. The molecule has 192 valence electrons. The molecule has 0 atom stereocenters. The zero-order valence-electron chi connectivity index (χ0n) is 21.1. The van der Waals surface area contributed by atoms with E-state index in [0.717, 1.165) is 5.39 Å². The number of aromatic nitrogens is 1. The summed E-state index contributed by atoms with van der Waals surface area (Å²) in [5, 5.41) is 11.1. The Morgan fingerprint density at radius 3 is 2.24 bits per heavy atom. The van der Waals surface area contributed by atoms with E-state index in [9.17, 15) is 14.9 Å². The van der Waals surface area contributed by atoms with Crippen molar-refractivity contribution in [3.63, 3.8) is 0 Å². The molecule has 0 unspecified atom stereocenters. The molecule has 0 amide bonds. The molecule has 0 bridgehead atoms. The lowest BCUT2D eigenvalue weighted by Crippen LogP contribution is -2.23. The molecule has 0 radical (unpaired) electrons. The maximum Gasteiger partial charge on any atom is 0.336 e. The van der Waals surface area contributed by atoms with Crippen LogP contribution in [0.4, 0.5) is 0 Å². The van der Waals surface area contributed by atoms with Gasteiger partial charge in [0.25, 0.3) is 5.56 Å². The standard InChI is InChI=1S/C29H24N2O7/c1-34-10-4-9-31-16-18(11-17(15-30)29(31)33)27-22-8-6-20(36-3)13-25(22)38-28(27)23-14-26(32)37-24-12-19(35-2)5-7-21(23)24/h5-8,11-14,16H,4,9-10H2,1-3H3. The number of benzene rings is 2. The van der Waals surface area contributed by atoms with Crippen LogP contribution in [-0.2, 0) is 11.3 Å². The number of nitrogens with zero attached hydrogens (tertiary/aromatic N) is 2. The van der Waals surface area contributed by atoms with E-state index in [0.29, 0.717) is 70.1 Å². The van der Waals surface area contributed by atoms with Gasteiger partial charge in [-0.3, -0.25) is 4.79 Å². The van der Waals surface area contributed by atoms with Crippen LogP contribution in [0.15, 0.2) is 73.2 Å². The number of hydrogen-bond acceptors (Lipinski definition) is 8. The smallest absolute Gasteiger partial charge is 0.336 e. The summed E-state index contributed by atoms with van der Waals surface area (Å²) in [6, 6.07) is 15.5. The Labute approximate surface area is 217 Å². The summed E-state index contributed by atoms with van der Waals surface area (Å²) >= 11 is 0. The van der Waals surface area contributed by atoms with Crippen molar-refractivity contribution in [2.45, 2.75) is 13.0 Å². The number of pyridine rings is 1. The van der Waals surface area contributed by atoms with Crippen molar-refractivity contribution in [1.29, 1.82) is 5.26 Å². The van der Waals surface area contributed by atoms with Crippen molar-refractivity contribution in [3.8, 4) is 40.0 Å². The molecule has 5 rings (SSSR count). The number of hydrogen-bond donors (Lipinski definition) is 0. The molecular weight excluding hydrogens is 488 g/mol. The Hall–Kier alpha value is -4.81. The highest BCUT2D eigenvalue weighted by Gasteiger charge is 2.23. The lowest BCUT2D eigenvalue weighted by atomic mass is 9.97. The number of fused-ring (bicyclic) bond motifs is 2. The maximum atomic E-state index is 12.9. The molecule has 38 heavy (non-hydrogen) atoms. The van der Waals surface area contributed by atoms with Gasteiger partial charge in [0.15, 0.2) is 0 Å². The van der Waals surface area contributed by atoms with Crippen LogP contribution in [0.1, 0.15) is 12.0 Å². The predicted molar refractivity (Wildman–Crippen MR) is 142 cm³/mol. The van der Waals surface area contributed by atoms with Gasteiger partial charge in [-0.25, -0.2) is 4.79 Å². The van der Waals surface area contributed by atoms with Crippen molar-refractivity contribution in [2.75, 3.05) is 27.9 Å². The molecule has 0 saturated carbocycles. The topological polar surface area (TPSA) is 117 Å². The first-order valence-electron chi connectivity index (χ1n) is 11.8. The van der Waals surface area contributed by atoms with Gasteiger partial charge in [0, 0.05) is 72.1 Å². The van der Waals surface area contributed by atoms with Crippen LogP contribution in [0, 0.1) is 11.3 Å². The van der Waals surface area contributed by atoms with Crippen LogP contribution in [0.2, 0.25) is 0 Å². The average Bonchev–Trinajstić information content (AvgIpc) is 3.31. The third-order valence-electron chi connectivity index (χ3n) is 6.34. The second-order valence-electron chi connectivity index (χ2n) is 8.61. The minimum atomic E-state index is -0.563. The molecule has 0 aliphatic rings. The van der Waals surface area contributed by atoms with Crippen molar-refractivity contribution in [2.24, 2.45) is 0 Å². The Morgan fingerprint density at radius 2 is 1.58 bits per heavy atom. The minimum absolute atomic E-state index is 0.00380. The summed E-state index contributed by atoms with van der Waals surface area (Å²) < 4.78 is 29.1. The quantitative estimate of drug-likeness (QED) is 0.212. The third kappa shape index (κ3) is 4.42. The Balaban J connectivity index is 1.84. The third-order valence-corrected chi connectivity index (χ3v) is 6.34. The minimum Gasteiger partial charge on any atom is -0.497 e. The molecule has 5 aromatic rings. The zero-order valence-corrected chi connectivity index (χ0v) is 21.1. The first-order valence-corrected chi connectivity index (χ1v) is 11.8. The van der Waals surface area contributed by atoms with Gasteiger partial charge < -0.3 is 27.6 Å². The predicted octanol–water partition coefficient (Wildman–Crippen LogP) is 4.96. The second kappa shape index (κ2) is 10.3. The monoisotopic (exact) mass is 512 g/mol. The lowest BCUT2D eigenvalue weighted by Gasteiger charge is -2.11. The van der Waals surface area contributed by atoms with Crippen LogP contribution < -0.4 is 20.7 Å². The summed E-state index contributed by atoms with van der Waals surface area (Å²) in [4.78, 5) is 25.5. The number of furan rings is 1. The van der Waals surface area contributed by atoms with E-state index in [1.54, 1.807) is 56.8 Å². The Kier molecular flexibility index (Phi) is 6.73. The summed E-state index contributed by atoms with van der Waals surface area (Å²) in [6.07, 6.45) is 2.29. The Bertz CT molecular complexity index is 1820. The Morgan fingerprint density at radius 1 is 0.895 bits per heavy atom. The van der Waals surface area contributed by atoms with Gasteiger partial charge in [0.1, 0.15) is 40.1 Å². The largest absolute Gasteiger partial charge is 0.497 e. The summed E-state index contributed by atoms with van der Waals surface area (Å²) in [5.74, 6) is 1.52. The average molecular weight is 513 g/mol. The van der Waals surface area contributed by atoms with Gasteiger partial charge in [-0.05, 0) is 36.8 Å². The van der Waals surface area contributed by atoms with Gasteiger partial charge in [-0.15, -0.1) is 0 Å². The van der Waals surface area contributed by atoms with E-state index in [-0.39, 0.29) is 11.1 Å². The molecule has 9 nitrogen and oxygen atoms in total. The first-order chi connectivity index (χ1) is 18.5. The van der Waals surface area contributed by atoms with Crippen LogP contribution in [0.5, 0.6) is 11.5 Å². The number of rotatable bonds is 8. The van der Waals surface area contributed by atoms with E-state index in [1.165, 1.54) is 17.7 Å². The van der Waals surface area contributed by atoms with Crippen molar-refractivity contribution in [3.05, 3.63) is 81.1 Å². The highest BCUT2D eigenvalue weighted by molar-refractivity contribution is 6.06. The van der Waals surface area contributed by atoms with Gasteiger partial charge in [-0.2, -0.15) is 5.26 Å². The van der Waals surface area contributed by atoms with Crippen LogP contribution in [0.3, 0.4) is 0 Å². The fraction of sp³-hybridized carbons (Fsp3) is 0.207. The van der Waals surface area contributed by atoms with E-state index in [4.69, 9.17) is 23.0 Å². The zero-order chi connectivity index (χ0) is 26.8. The summed E-state index contributed by atoms with van der Waals surface area (Å²) in [5.41, 5.74) is 1.61. The molecule has 0 fully saturated rings. The number of methoxy groups -OCH3 is 3. The molecule has 0 spiro atoms. The maximum absolute atomic E-state index is 12.9. The lowest BCUT2D eigenvalue weighted by molar-refractivity contribution is 0.190.